The Bertz CT molecular complexity index is 910. The summed E-state index contributed by atoms with van der Waals surface area (Å²) in [5.41, 5.74) is 0.962. The number of hydrogen-bond donors (Lipinski definition) is 1. The summed E-state index contributed by atoms with van der Waals surface area (Å²) in [6.07, 6.45) is 0. The highest BCUT2D eigenvalue weighted by molar-refractivity contribution is 7.22. The molecule has 0 bridgehead atoms. The monoisotopic (exact) mass is 291 g/mol. The largest absolute Gasteiger partial charge is 0.373 e. The van der Waals surface area contributed by atoms with Crippen molar-refractivity contribution in [2.75, 3.05) is 12.4 Å². The molecule has 2 aromatic carbocycles. The third kappa shape index (κ3) is 2.04. The SMILES string of the molecule is CNc1nc(-c2cc3ccccc3s2)nc2ccccc12. The van der Waals surface area contributed by atoms with Gasteiger partial charge in [0.25, 0.3) is 0 Å². The molecule has 102 valence electrons. The zero-order valence-electron chi connectivity index (χ0n) is 11.5. The molecular formula is C17H13N3S. The van der Waals surface area contributed by atoms with Crippen LogP contribution in [0.25, 0.3) is 31.7 Å². The molecule has 4 rings (SSSR count). The molecule has 0 fully saturated rings. The Morgan fingerprint density at radius 3 is 2.62 bits per heavy atom. The molecule has 3 nitrogen and oxygen atoms in total. The molecule has 0 aliphatic heterocycles. The maximum Gasteiger partial charge on any atom is 0.172 e. The minimum absolute atomic E-state index is 0.777. The molecule has 0 radical (unpaired) electrons. The van der Waals surface area contributed by atoms with Crippen LogP contribution in [-0.2, 0) is 0 Å². The van der Waals surface area contributed by atoms with Crippen molar-refractivity contribution in [3.8, 4) is 10.7 Å². The van der Waals surface area contributed by atoms with Crippen LogP contribution in [0.4, 0.5) is 5.82 Å². The van der Waals surface area contributed by atoms with Gasteiger partial charge in [-0.25, -0.2) is 9.97 Å². The molecule has 0 unspecified atom stereocenters. The van der Waals surface area contributed by atoms with E-state index in [9.17, 15) is 0 Å². The van der Waals surface area contributed by atoms with E-state index in [0.717, 1.165) is 27.4 Å². The Kier molecular flexibility index (Phi) is 2.82. The number of hydrogen-bond acceptors (Lipinski definition) is 4. The van der Waals surface area contributed by atoms with E-state index in [1.807, 2.05) is 31.3 Å². The number of nitrogens with zero attached hydrogens (tertiary/aromatic N) is 2. The maximum absolute atomic E-state index is 4.71. The maximum atomic E-state index is 4.71. The fourth-order valence-electron chi connectivity index (χ4n) is 2.47. The predicted molar refractivity (Wildman–Crippen MR) is 89.9 cm³/mol. The average molecular weight is 291 g/mol. The van der Waals surface area contributed by atoms with E-state index in [1.165, 1.54) is 10.1 Å². The highest BCUT2D eigenvalue weighted by Gasteiger charge is 2.10. The van der Waals surface area contributed by atoms with E-state index in [1.54, 1.807) is 11.3 Å². The normalized spacial score (nSPS) is 11.1. The molecule has 0 aliphatic rings. The number of aromatic nitrogens is 2. The number of rotatable bonds is 2. The summed E-state index contributed by atoms with van der Waals surface area (Å²) in [5, 5.41) is 5.45. The molecule has 4 aromatic rings. The molecule has 0 saturated heterocycles. The summed E-state index contributed by atoms with van der Waals surface area (Å²) in [6, 6.07) is 18.6. The zero-order valence-corrected chi connectivity index (χ0v) is 12.3. The van der Waals surface area contributed by atoms with Crippen LogP contribution in [0.5, 0.6) is 0 Å². The van der Waals surface area contributed by atoms with E-state index in [2.05, 4.69) is 40.6 Å². The lowest BCUT2D eigenvalue weighted by molar-refractivity contribution is 1.22. The van der Waals surface area contributed by atoms with Crippen LogP contribution in [0.1, 0.15) is 0 Å². The second kappa shape index (κ2) is 4.82. The van der Waals surface area contributed by atoms with Crippen LogP contribution in [0, 0.1) is 0 Å². The van der Waals surface area contributed by atoms with Crippen molar-refractivity contribution in [1.82, 2.24) is 9.97 Å². The standard InChI is InChI=1S/C17H13N3S/c1-18-16-12-7-3-4-8-13(12)19-17(20-16)15-10-11-6-2-5-9-14(11)21-15/h2-10H,1H3,(H,18,19,20). The fraction of sp³-hybridized carbons (Fsp3) is 0.0588. The molecule has 2 heterocycles. The number of anilines is 1. The van der Waals surface area contributed by atoms with Gasteiger partial charge in [0.2, 0.25) is 0 Å². The molecule has 0 saturated carbocycles. The summed E-state index contributed by atoms with van der Waals surface area (Å²) in [5.74, 6) is 1.65. The molecule has 2 aromatic heterocycles. The molecule has 0 spiro atoms. The van der Waals surface area contributed by atoms with Gasteiger partial charge in [-0.05, 0) is 29.7 Å². The lowest BCUT2D eigenvalue weighted by Crippen LogP contribution is -1.97. The highest BCUT2D eigenvalue weighted by Crippen LogP contribution is 2.33. The first-order valence-electron chi connectivity index (χ1n) is 6.78. The second-order valence-corrected chi connectivity index (χ2v) is 5.90. The van der Waals surface area contributed by atoms with E-state index in [4.69, 9.17) is 4.98 Å². The van der Waals surface area contributed by atoms with Gasteiger partial charge in [-0.2, -0.15) is 0 Å². The topological polar surface area (TPSA) is 37.8 Å². The summed E-state index contributed by atoms with van der Waals surface area (Å²) in [4.78, 5) is 10.5. The molecular weight excluding hydrogens is 278 g/mol. The Balaban J connectivity index is 1.97. The lowest BCUT2D eigenvalue weighted by atomic mass is 10.2. The van der Waals surface area contributed by atoms with Gasteiger partial charge in [-0.1, -0.05) is 30.3 Å². The molecule has 4 heteroatoms. The van der Waals surface area contributed by atoms with Crippen molar-refractivity contribution in [2.24, 2.45) is 0 Å². The fourth-order valence-corrected chi connectivity index (χ4v) is 3.47. The van der Waals surface area contributed by atoms with Crippen LogP contribution in [0.3, 0.4) is 0 Å². The first-order chi connectivity index (χ1) is 10.3. The number of para-hydroxylation sites is 1. The first-order valence-corrected chi connectivity index (χ1v) is 7.60. The molecule has 0 amide bonds. The van der Waals surface area contributed by atoms with E-state index >= 15 is 0 Å². The minimum atomic E-state index is 0.777. The van der Waals surface area contributed by atoms with Gasteiger partial charge < -0.3 is 5.32 Å². The number of nitrogens with one attached hydrogen (secondary N) is 1. The van der Waals surface area contributed by atoms with Gasteiger partial charge in [0.05, 0.1) is 10.4 Å². The van der Waals surface area contributed by atoms with Gasteiger partial charge in [-0.15, -0.1) is 11.3 Å². The van der Waals surface area contributed by atoms with Gasteiger partial charge in [0, 0.05) is 17.1 Å². The number of fused-ring (bicyclic) bond motifs is 2. The van der Waals surface area contributed by atoms with Gasteiger partial charge in [-0.3, -0.25) is 0 Å². The third-order valence-electron chi connectivity index (χ3n) is 3.49. The van der Waals surface area contributed by atoms with E-state index in [0.29, 0.717) is 0 Å². The Morgan fingerprint density at radius 2 is 1.76 bits per heavy atom. The number of benzene rings is 2. The van der Waals surface area contributed by atoms with Gasteiger partial charge >= 0.3 is 0 Å². The minimum Gasteiger partial charge on any atom is -0.373 e. The third-order valence-corrected chi connectivity index (χ3v) is 4.60. The van der Waals surface area contributed by atoms with Crippen molar-refractivity contribution < 1.29 is 0 Å². The smallest absolute Gasteiger partial charge is 0.172 e. The van der Waals surface area contributed by atoms with Crippen LogP contribution < -0.4 is 5.32 Å². The van der Waals surface area contributed by atoms with E-state index in [-0.39, 0.29) is 0 Å². The predicted octanol–water partition coefficient (Wildman–Crippen LogP) is 4.55. The molecule has 0 aliphatic carbocycles. The summed E-state index contributed by atoms with van der Waals surface area (Å²) in [7, 11) is 1.89. The second-order valence-electron chi connectivity index (χ2n) is 4.81. The van der Waals surface area contributed by atoms with Crippen LogP contribution in [0.2, 0.25) is 0 Å². The summed E-state index contributed by atoms with van der Waals surface area (Å²) >= 11 is 1.73. The van der Waals surface area contributed by atoms with E-state index < -0.39 is 0 Å². The van der Waals surface area contributed by atoms with Crippen LogP contribution in [0.15, 0.2) is 54.6 Å². The van der Waals surface area contributed by atoms with Crippen molar-refractivity contribution in [2.45, 2.75) is 0 Å². The number of thiophene rings is 1. The summed E-state index contributed by atoms with van der Waals surface area (Å²) in [6.45, 7) is 0. The zero-order chi connectivity index (χ0) is 14.2. The van der Waals surface area contributed by atoms with Crippen LogP contribution in [-0.4, -0.2) is 17.0 Å². The average Bonchev–Trinajstić information content (AvgIpc) is 2.98. The van der Waals surface area contributed by atoms with Crippen molar-refractivity contribution in [3.05, 3.63) is 54.6 Å². The van der Waals surface area contributed by atoms with Crippen LogP contribution >= 0.6 is 11.3 Å². The van der Waals surface area contributed by atoms with Crippen molar-refractivity contribution >= 4 is 38.1 Å². The van der Waals surface area contributed by atoms with Crippen molar-refractivity contribution in [3.63, 3.8) is 0 Å². The first kappa shape index (κ1) is 12.3. The molecule has 1 N–H and O–H groups in total. The van der Waals surface area contributed by atoms with Gasteiger partial charge in [0.15, 0.2) is 5.82 Å². The van der Waals surface area contributed by atoms with Crippen molar-refractivity contribution in [1.29, 1.82) is 0 Å². The van der Waals surface area contributed by atoms with Gasteiger partial charge in [0.1, 0.15) is 5.82 Å². The highest BCUT2D eigenvalue weighted by atomic mass is 32.1. The molecule has 0 atom stereocenters. The Morgan fingerprint density at radius 1 is 0.952 bits per heavy atom. The summed E-state index contributed by atoms with van der Waals surface area (Å²) < 4.78 is 1.26. The Hall–Kier alpha value is -2.46. The Labute approximate surface area is 126 Å². The lowest BCUT2D eigenvalue weighted by Gasteiger charge is -2.06. The quantitative estimate of drug-likeness (QED) is 0.588. The molecule has 21 heavy (non-hydrogen) atoms.